The number of nitrogens with one attached hydrogen (secondary N) is 1. The van der Waals surface area contributed by atoms with E-state index in [1.54, 1.807) is 42.3 Å². The van der Waals surface area contributed by atoms with Gasteiger partial charge < -0.3 is 15.0 Å². The van der Waals surface area contributed by atoms with Crippen molar-refractivity contribution >= 4 is 46.4 Å². The standard InChI is InChI=1S/C18H16Cl2N2O3/c1-25-16-4-2-3-15(9-16)22-10-11(5-17(22)23)18(24)21-14-7-12(19)6-13(20)8-14/h2-4,6-9,11H,5,10H2,1H3,(H,21,24)/t11-/m0/s1. The van der Waals surface area contributed by atoms with E-state index in [2.05, 4.69) is 5.32 Å². The zero-order chi connectivity index (χ0) is 18.0. The van der Waals surface area contributed by atoms with Crippen LogP contribution in [0.15, 0.2) is 42.5 Å². The average Bonchev–Trinajstić information content (AvgIpc) is 2.96. The Morgan fingerprint density at radius 1 is 1.20 bits per heavy atom. The Morgan fingerprint density at radius 2 is 1.92 bits per heavy atom. The van der Waals surface area contributed by atoms with E-state index in [1.807, 2.05) is 12.1 Å². The van der Waals surface area contributed by atoms with Crippen LogP contribution in [0.4, 0.5) is 11.4 Å². The fourth-order valence-electron chi connectivity index (χ4n) is 2.78. The van der Waals surface area contributed by atoms with E-state index in [0.29, 0.717) is 33.7 Å². The fourth-order valence-corrected chi connectivity index (χ4v) is 3.31. The third kappa shape index (κ3) is 4.06. The maximum absolute atomic E-state index is 12.5. The van der Waals surface area contributed by atoms with E-state index in [4.69, 9.17) is 27.9 Å². The number of amides is 2. The monoisotopic (exact) mass is 378 g/mol. The lowest BCUT2D eigenvalue weighted by atomic mass is 10.1. The second kappa shape index (κ2) is 7.33. The summed E-state index contributed by atoms with van der Waals surface area (Å²) in [5.41, 5.74) is 1.22. The Labute approximate surface area is 155 Å². The maximum atomic E-state index is 12.5. The van der Waals surface area contributed by atoms with Gasteiger partial charge in [0.2, 0.25) is 11.8 Å². The summed E-state index contributed by atoms with van der Waals surface area (Å²) in [6.07, 6.45) is 0.150. The summed E-state index contributed by atoms with van der Waals surface area (Å²) in [6.45, 7) is 0.312. The van der Waals surface area contributed by atoms with Crippen molar-refractivity contribution < 1.29 is 14.3 Å². The van der Waals surface area contributed by atoms with Crippen molar-refractivity contribution in [2.24, 2.45) is 5.92 Å². The first kappa shape index (κ1) is 17.6. The number of carbonyl (C=O) groups is 2. The number of anilines is 2. The Morgan fingerprint density at radius 3 is 2.60 bits per heavy atom. The molecule has 1 heterocycles. The highest BCUT2D eigenvalue weighted by Gasteiger charge is 2.35. The summed E-state index contributed by atoms with van der Waals surface area (Å²) >= 11 is 11.9. The topological polar surface area (TPSA) is 58.6 Å². The van der Waals surface area contributed by atoms with Crippen molar-refractivity contribution in [3.63, 3.8) is 0 Å². The van der Waals surface area contributed by atoms with Crippen molar-refractivity contribution in [1.29, 1.82) is 0 Å². The van der Waals surface area contributed by atoms with Gasteiger partial charge in [0.15, 0.2) is 0 Å². The van der Waals surface area contributed by atoms with Crippen molar-refractivity contribution in [2.75, 3.05) is 23.9 Å². The first-order valence-electron chi connectivity index (χ1n) is 7.67. The van der Waals surface area contributed by atoms with E-state index in [-0.39, 0.29) is 18.2 Å². The summed E-state index contributed by atoms with van der Waals surface area (Å²) in [7, 11) is 1.57. The lowest BCUT2D eigenvalue weighted by Crippen LogP contribution is -2.28. The van der Waals surface area contributed by atoms with Crippen LogP contribution < -0.4 is 15.0 Å². The van der Waals surface area contributed by atoms with Crippen LogP contribution in [0.3, 0.4) is 0 Å². The van der Waals surface area contributed by atoms with Gasteiger partial charge >= 0.3 is 0 Å². The normalized spacial score (nSPS) is 16.8. The maximum Gasteiger partial charge on any atom is 0.229 e. The van der Waals surface area contributed by atoms with E-state index >= 15 is 0 Å². The number of methoxy groups -OCH3 is 1. The minimum atomic E-state index is -0.448. The third-order valence-corrected chi connectivity index (χ3v) is 4.43. The lowest BCUT2D eigenvalue weighted by molar-refractivity contribution is -0.122. The van der Waals surface area contributed by atoms with Crippen LogP contribution in [-0.4, -0.2) is 25.5 Å². The number of ether oxygens (including phenoxy) is 1. The Balaban J connectivity index is 1.72. The van der Waals surface area contributed by atoms with Crippen molar-refractivity contribution in [1.82, 2.24) is 0 Å². The number of hydrogen-bond donors (Lipinski definition) is 1. The van der Waals surface area contributed by atoms with E-state index < -0.39 is 5.92 Å². The number of hydrogen-bond acceptors (Lipinski definition) is 3. The molecular formula is C18H16Cl2N2O3. The van der Waals surface area contributed by atoms with Gasteiger partial charge in [0.05, 0.1) is 13.0 Å². The van der Waals surface area contributed by atoms with Gasteiger partial charge in [-0.3, -0.25) is 9.59 Å². The summed E-state index contributed by atoms with van der Waals surface area (Å²) in [5, 5.41) is 3.64. The molecule has 1 aliphatic rings. The number of halogens is 2. The second-order valence-electron chi connectivity index (χ2n) is 5.75. The first-order chi connectivity index (χ1) is 12.0. The molecule has 5 nitrogen and oxygen atoms in total. The Kier molecular flexibility index (Phi) is 5.16. The van der Waals surface area contributed by atoms with E-state index in [1.165, 1.54) is 0 Å². The predicted octanol–water partition coefficient (Wildman–Crippen LogP) is 3.99. The van der Waals surface area contributed by atoms with Crippen LogP contribution >= 0.6 is 23.2 Å². The molecule has 0 aromatic heterocycles. The molecule has 0 radical (unpaired) electrons. The molecule has 1 saturated heterocycles. The molecule has 1 aliphatic heterocycles. The van der Waals surface area contributed by atoms with Crippen LogP contribution in [0.5, 0.6) is 5.75 Å². The molecular weight excluding hydrogens is 363 g/mol. The SMILES string of the molecule is COc1cccc(N2C[C@@H](C(=O)Nc3cc(Cl)cc(Cl)c3)CC2=O)c1. The molecule has 25 heavy (non-hydrogen) atoms. The summed E-state index contributed by atoms with van der Waals surface area (Å²) in [5.74, 6) is -0.127. The molecule has 3 rings (SSSR count). The fraction of sp³-hybridized carbons (Fsp3) is 0.222. The molecule has 7 heteroatoms. The van der Waals surface area contributed by atoms with Gasteiger partial charge in [-0.05, 0) is 30.3 Å². The molecule has 2 amide bonds. The highest BCUT2D eigenvalue weighted by atomic mass is 35.5. The molecule has 130 valence electrons. The minimum Gasteiger partial charge on any atom is -0.497 e. The second-order valence-corrected chi connectivity index (χ2v) is 6.63. The van der Waals surface area contributed by atoms with Crippen molar-refractivity contribution in [3.05, 3.63) is 52.5 Å². The number of rotatable bonds is 4. The highest BCUT2D eigenvalue weighted by Crippen LogP contribution is 2.29. The molecule has 1 fully saturated rings. The highest BCUT2D eigenvalue weighted by molar-refractivity contribution is 6.35. The number of benzene rings is 2. The van der Waals surface area contributed by atoms with Crippen LogP contribution in [0.25, 0.3) is 0 Å². The molecule has 1 atom stereocenters. The molecule has 0 bridgehead atoms. The van der Waals surface area contributed by atoms with Gasteiger partial charge in [-0.2, -0.15) is 0 Å². The zero-order valence-corrected chi connectivity index (χ0v) is 15.0. The lowest BCUT2D eigenvalue weighted by Gasteiger charge is -2.17. The Hall–Kier alpha value is -2.24. The van der Waals surface area contributed by atoms with E-state index in [9.17, 15) is 9.59 Å². The molecule has 0 aliphatic carbocycles. The number of nitrogens with zero attached hydrogens (tertiary/aromatic N) is 1. The quantitative estimate of drug-likeness (QED) is 0.874. The van der Waals surface area contributed by atoms with Crippen LogP contribution in [0.2, 0.25) is 10.0 Å². The summed E-state index contributed by atoms with van der Waals surface area (Å²) in [4.78, 5) is 26.4. The molecule has 0 spiro atoms. The summed E-state index contributed by atoms with van der Waals surface area (Å²) < 4.78 is 5.18. The van der Waals surface area contributed by atoms with Crippen LogP contribution in [0.1, 0.15) is 6.42 Å². The molecule has 2 aromatic rings. The van der Waals surface area contributed by atoms with Gasteiger partial charge in [0, 0.05) is 40.5 Å². The average molecular weight is 379 g/mol. The van der Waals surface area contributed by atoms with Gasteiger partial charge in [-0.1, -0.05) is 29.3 Å². The summed E-state index contributed by atoms with van der Waals surface area (Å²) in [6, 6.07) is 12.0. The van der Waals surface area contributed by atoms with Crippen LogP contribution in [-0.2, 0) is 9.59 Å². The molecule has 1 N–H and O–H groups in total. The zero-order valence-electron chi connectivity index (χ0n) is 13.5. The predicted molar refractivity (Wildman–Crippen MR) is 98.5 cm³/mol. The van der Waals surface area contributed by atoms with Crippen LogP contribution in [0, 0.1) is 5.92 Å². The number of carbonyl (C=O) groups excluding carboxylic acids is 2. The van der Waals surface area contributed by atoms with Crippen molar-refractivity contribution in [2.45, 2.75) is 6.42 Å². The van der Waals surface area contributed by atoms with Gasteiger partial charge in [-0.25, -0.2) is 0 Å². The first-order valence-corrected chi connectivity index (χ1v) is 8.43. The van der Waals surface area contributed by atoms with Gasteiger partial charge in [-0.15, -0.1) is 0 Å². The van der Waals surface area contributed by atoms with E-state index in [0.717, 1.165) is 0 Å². The molecule has 2 aromatic carbocycles. The smallest absolute Gasteiger partial charge is 0.229 e. The largest absolute Gasteiger partial charge is 0.497 e. The third-order valence-electron chi connectivity index (χ3n) is 3.99. The Bertz CT molecular complexity index is 805. The molecule has 0 unspecified atom stereocenters. The minimum absolute atomic E-state index is 0.0995. The van der Waals surface area contributed by atoms with Gasteiger partial charge in [0.1, 0.15) is 5.75 Å². The molecule has 0 saturated carbocycles. The van der Waals surface area contributed by atoms with Gasteiger partial charge in [0.25, 0.3) is 0 Å². The van der Waals surface area contributed by atoms with Crippen molar-refractivity contribution in [3.8, 4) is 5.75 Å².